The van der Waals surface area contributed by atoms with Crippen LogP contribution in [-0.2, 0) is 9.47 Å². The Morgan fingerprint density at radius 3 is 2.45 bits per heavy atom. The van der Waals surface area contributed by atoms with Gasteiger partial charge in [0.2, 0.25) is 5.90 Å². The van der Waals surface area contributed by atoms with Gasteiger partial charge in [-0.2, -0.15) is 5.26 Å². The number of amidine groups is 1. The molecule has 0 radical (unpaired) electrons. The molecule has 0 aliphatic carbocycles. The number of ether oxygens (including phenoxy) is 2. The van der Waals surface area contributed by atoms with E-state index in [0.29, 0.717) is 42.2 Å². The van der Waals surface area contributed by atoms with Crippen molar-refractivity contribution in [2.24, 2.45) is 16.1 Å². The molecule has 7 nitrogen and oxygen atoms in total. The second kappa shape index (κ2) is 7.99. The molecule has 0 bridgehead atoms. The number of nitrogens with one attached hydrogen (secondary N) is 1. The van der Waals surface area contributed by atoms with Gasteiger partial charge in [-0.3, -0.25) is 5.41 Å². The van der Waals surface area contributed by atoms with Crippen molar-refractivity contribution >= 4 is 57.3 Å². The van der Waals surface area contributed by atoms with Gasteiger partial charge in [-0.25, -0.2) is 4.99 Å². The molecule has 0 amide bonds. The highest BCUT2D eigenvalue weighted by Gasteiger charge is 2.61. The van der Waals surface area contributed by atoms with E-state index in [0.717, 1.165) is 31.3 Å². The molecule has 1 spiro atoms. The third-order valence-electron chi connectivity index (χ3n) is 6.20. The van der Waals surface area contributed by atoms with E-state index in [1.807, 2.05) is 26.8 Å². The molecule has 170 valence electrons. The zero-order chi connectivity index (χ0) is 23.5. The molecule has 1 saturated heterocycles. The molecule has 1 atom stereocenters. The molecule has 5 rings (SSSR count). The lowest BCUT2D eigenvalue weighted by Gasteiger charge is -2.37. The minimum Gasteiger partial charge on any atom is -0.441 e. The van der Waals surface area contributed by atoms with E-state index < -0.39 is 5.41 Å². The Kier molecular flexibility index (Phi) is 5.37. The van der Waals surface area contributed by atoms with Crippen LogP contribution in [0, 0.1) is 42.9 Å². The lowest BCUT2D eigenvalue weighted by Crippen LogP contribution is -2.50. The number of hydrogen-bond acceptors (Lipinski definition) is 9. The van der Waals surface area contributed by atoms with Crippen LogP contribution in [0.25, 0.3) is 11.3 Å². The molecule has 10 heteroatoms. The highest BCUT2D eigenvalue weighted by molar-refractivity contribution is 7.16. The Bertz CT molecular complexity index is 1320. The van der Waals surface area contributed by atoms with Gasteiger partial charge in [-0.15, -0.1) is 22.7 Å². The Morgan fingerprint density at radius 1 is 1.18 bits per heavy atom. The first-order valence-electron chi connectivity index (χ1n) is 10.5. The van der Waals surface area contributed by atoms with E-state index >= 15 is 0 Å². The van der Waals surface area contributed by atoms with Crippen LogP contribution in [-0.4, -0.2) is 42.9 Å². The van der Waals surface area contributed by atoms with Crippen molar-refractivity contribution in [3.63, 3.8) is 0 Å². The number of aliphatic imine (C=N–C) groups is 1. The van der Waals surface area contributed by atoms with Gasteiger partial charge in [0.1, 0.15) is 23.5 Å². The molecule has 3 N–H and O–H groups in total. The van der Waals surface area contributed by atoms with Crippen molar-refractivity contribution in [1.82, 2.24) is 4.90 Å². The van der Waals surface area contributed by atoms with Crippen molar-refractivity contribution in [2.75, 3.05) is 26.3 Å². The first kappa shape index (κ1) is 22.2. The Hall–Kier alpha value is -2.64. The van der Waals surface area contributed by atoms with Crippen LogP contribution in [0.4, 0.5) is 0 Å². The maximum atomic E-state index is 10.3. The lowest BCUT2D eigenvalue weighted by atomic mass is 9.71. The molecule has 1 fully saturated rings. The predicted molar refractivity (Wildman–Crippen MR) is 133 cm³/mol. The summed E-state index contributed by atoms with van der Waals surface area (Å²) in [6.07, 6.45) is 0. The summed E-state index contributed by atoms with van der Waals surface area (Å²) in [6.45, 7) is 8.31. The van der Waals surface area contributed by atoms with E-state index in [-0.39, 0.29) is 17.3 Å². The first-order valence-corrected chi connectivity index (χ1v) is 12.5. The highest BCUT2D eigenvalue weighted by Crippen LogP contribution is 2.58. The standard InChI is InChI=1S/C23H22ClN5O2S2/c1-11-8-14(12(2)32-11)18-19(15-9-17(24)33-13(15)3)31-21(27)23(18)16(10-25)20(26)28-22(23)29-4-6-30-7-5-29/h8-9,27H,4-7,26H2,1-3H3. The summed E-state index contributed by atoms with van der Waals surface area (Å²) in [7, 11) is 0. The minimum absolute atomic E-state index is 0.0697. The fourth-order valence-corrected chi connectivity index (χ4v) is 6.93. The summed E-state index contributed by atoms with van der Waals surface area (Å²) >= 11 is 9.47. The summed E-state index contributed by atoms with van der Waals surface area (Å²) in [4.78, 5) is 9.89. The zero-order valence-corrected chi connectivity index (χ0v) is 20.8. The fourth-order valence-electron chi connectivity index (χ4n) is 4.81. The third kappa shape index (κ3) is 3.16. The molecule has 1 unspecified atom stereocenters. The number of rotatable bonds is 2. The quantitative estimate of drug-likeness (QED) is 0.623. The summed E-state index contributed by atoms with van der Waals surface area (Å²) in [5, 5.41) is 19.4. The average molecular weight is 500 g/mol. The van der Waals surface area contributed by atoms with Gasteiger partial charge in [0.15, 0.2) is 5.41 Å². The van der Waals surface area contributed by atoms with E-state index in [1.165, 1.54) is 11.3 Å². The SMILES string of the molecule is Cc1cc(C2=C(c3cc(Cl)sc3C)OC(=N)C23C(N2CCOCC2)=NC(N)=C3C#N)c(C)s1. The number of aryl methyl sites for hydroxylation is 3. The number of thiophene rings is 2. The second-order valence-corrected chi connectivity index (χ2v) is 11.5. The van der Waals surface area contributed by atoms with Crippen molar-refractivity contribution in [3.8, 4) is 6.07 Å². The van der Waals surface area contributed by atoms with Crippen LogP contribution in [0.2, 0.25) is 4.34 Å². The van der Waals surface area contributed by atoms with Crippen LogP contribution in [0.1, 0.15) is 25.8 Å². The van der Waals surface area contributed by atoms with Crippen molar-refractivity contribution < 1.29 is 9.47 Å². The van der Waals surface area contributed by atoms with E-state index in [4.69, 9.17) is 32.2 Å². The molecule has 2 aromatic rings. The van der Waals surface area contributed by atoms with Gasteiger partial charge < -0.3 is 20.1 Å². The molecule has 33 heavy (non-hydrogen) atoms. The summed E-state index contributed by atoms with van der Waals surface area (Å²) < 4.78 is 12.4. The predicted octanol–water partition coefficient (Wildman–Crippen LogP) is 4.69. The number of nitriles is 1. The Morgan fingerprint density at radius 2 is 1.88 bits per heavy atom. The lowest BCUT2D eigenvalue weighted by molar-refractivity contribution is 0.0663. The van der Waals surface area contributed by atoms with Crippen molar-refractivity contribution in [2.45, 2.75) is 20.8 Å². The number of morpholine rings is 1. The number of hydrogen-bond donors (Lipinski definition) is 2. The summed E-state index contributed by atoms with van der Waals surface area (Å²) in [6, 6.07) is 6.22. The molecule has 2 aromatic heterocycles. The van der Waals surface area contributed by atoms with Gasteiger partial charge in [0.05, 0.1) is 23.1 Å². The van der Waals surface area contributed by atoms with Gasteiger partial charge >= 0.3 is 0 Å². The molecule has 5 heterocycles. The monoisotopic (exact) mass is 499 g/mol. The second-order valence-electron chi connectivity index (χ2n) is 8.14. The van der Waals surface area contributed by atoms with Crippen molar-refractivity contribution in [3.05, 3.63) is 53.6 Å². The Balaban J connectivity index is 1.86. The van der Waals surface area contributed by atoms with Gasteiger partial charge in [-0.05, 0) is 38.5 Å². The summed E-state index contributed by atoms with van der Waals surface area (Å²) in [5.41, 5.74) is 7.71. The van der Waals surface area contributed by atoms with Crippen LogP contribution in [0.15, 0.2) is 28.5 Å². The van der Waals surface area contributed by atoms with Gasteiger partial charge in [0.25, 0.3) is 0 Å². The fraction of sp³-hybridized carbons (Fsp3) is 0.348. The molecule has 3 aliphatic heterocycles. The van der Waals surface area contributed by atoms with Gasteiger partial charge in [0, 0.05) is 38.9 Å². The maximum Gasteiger partial charge on any atom is 0.211 e. The molecule has 0 saturated carbocycles. The maximum absolute atomic E-state index is 10.3. The van der Waals surface area contributed by atoms with Crippen LogP contribution >= 0.6 is 34.3 Å². The van der Waals surface area contributed by atoms with Gasteiger partial charge in [-0.1, -0.05) is 11.6 Å². The first-order chi connectivity index (χ1) is 15.8. The average Bonchev–Trinajstić information content (AvgIpc) is 3.47. The molecule has 3 aliphatic rings. The van der Waals surface area contributed by atoms with E-state index in [2.05, 4.69) is 22.0 Å². The smallest absolute Gasteiger partial charge is 0.211 e. The van der Waals surface area contributed by atoms with Crippen molar-refractivity contribution in [1.29, 1.82) is 10.7 Å². The van der Waals surface area contributed by atoms with E-state index in [9.17, 15) is 5.26 Å². The topological polar surface area (TPSA) is 108 Å². The highest BCUT2D eigenvalue weighted by atomic mass is 35.5. The van der Waals surface area contributed by atoms with Crippen LogP contribution < -0.4 is 5.73 Å². The Labute approximate surface area is 204 Å². The summed E-state index contributed by atoms with van der Waals surface area (Å²) in [5.74, 6) is 1.14. The van der Waals surface area contributed by atoms with E-state index in [1.54, 1.807) is 11.3 Å². The number of nitrogens with two attached hydrogens (primary N) is 1. The molecule has 0 aromatic carbocycles. The van der Waals surface area contributed by atoms with Crippen LogP contribution in [0.5, 0.6) is 0 Å². The number of nitrogens with zero attached hydrogens (tertiary/aromatic N) is 3. The van der Waals surface area contributed by atoms with Crippen LogP contribution in [0.3, 0.4) is 0 Å². The largest absolute Gasteiger partial charge is 0.441 e. The zero-order valence-electron chi connectivity index (χ0n) is 18.4. The third-order valence-corrected chi connectivity index (χ3v) is 8.35. The number of halogens is 1. The molecular weight excluding hydrogens is 478 g/mol. The molecular formula is C23H22ClN5O2S2. The normalized spacial score (nSPS) is 22.9. The minimum atomic E-state index is -1.31.